The van der Waals surface area contributed by atoms with Crippen molar-refractivity contribution in [2.75, 3.05) is 21.2 Å². The number of nitrogens with one attached hydrogen (secondary N) is 2. The third-order valence-corrected chi connectivity index (χ3v) is 4.55. The summed E-state index contributed by atoms with van der Waals surface area (Å²) in [5, 5.41) is 11.3. The molecule has 3 N–H and O–H groups in total. The van der Waals surface area contributed by atoms with E-state index < -0.39 is 23.3 Å². The summed E-state index contributed by atoms with van der Waals surface area (Å²) < 4.78 is 10.7. The summed E-state index contributed by atoms with van der Waals surface area (Å²) >= 11 is 0. The first-order chi connectivity index (χ1) is 13.3. The number of methoxy groups -OCH3 is 1. The van der Waals surface area contributed by atoms with Crippen molar-refractivity contribution in [3.8, 4) is 11.3 Å². The van der Waals surface area contributed by atoms with Crippen LogP contribution in [0.1, 0.15) is 23.0 Å². The van der Waals surface area contributed by atoms with E-state index in [2.05, 4.69) is 5.32 Å². The molecule has 1 aromatic heterocycles. The SMILES string of the molecule is CNC(=O)[C@@](C)(C(=O)NO)N(C)C(=O)c1ccc(-c2ccc(COC)o2)cc1. The Bertz CT molecular complexity index is 843. The minimum absolute atomic E-state index is 0.260. The van der Waals surface area contributed by atoms with Crippen molar-refractivity contribution < 1.29 is 28.7 Å². The summed E-state index contributed by atoms with van der Waals surface area (Å²) in [6.07, 6.45) is 0. The van der Waals surface area contributed by atoms with Crippen molar-refractivity contribution in [1.29, 1.82) is 0 Å². The molecule has 0 saturated carbocycles. The zero-order valence-electron chi connectivity index (χ0n) is 16.1. The number of likely N-dealkylation sites (N-methyl/N-ethyl adjacent to an activating group) is 2. The first-order valence-corrected chi connectivity index (χ1v) is 8.42. The lowest BCUT2D eigenvalue weighted by atomic mass is 9.96. The van der Waals surface area contributed by atoms with Gasteiger partial charge in [-0.3, -0.25) is 19.6 Å². The van der Waals surface area contributed by atoms with Crippen molar-refractivity contribution in [1.82, 2.24) is 15.7 Å². The van der Waals surface area contributed by atoms with Crippen molar-refractivity contribution in [2.45, 2.75) is 19.1 Å². The largest absolute Gasteiger partial charge is 0.459 e. The summed E-state index contributed by atoms with van der Waals surface area (Å²) in [6.45, 7) is 1.59. The minimum Gasteiger partial charge on any atom is -0.459 e. The highest BCUT2D eigenvalue weighted by Gasteiger charge is 2.47. The van der Waals surface area contributed by atoms with Crippen LogP contribution in [0.5, 0.6) is 0 Å². The summed E-state index contributed by atoms with van der Waals surface area (Å²) in [5.41, 5.74) is 0.513. The smallest absolute Gasteiger partial charge is 0.278 e. The topological polar surface area (TPSA) is 121 Å². The molecule has 0 aliphatic rings. The molecule has 0 aliphatic carbocycles. The second-order valence-corrected chi connectivity index (χ2v) is 6.23. The number of amides is 3. The van der Waals surface area contributed by atoms with E-state index >= 15 is 0 Å². The lowest BCUT2D eigenvalue weighted by Crippen LogP contribution is -2.64. The Labute approximate surface area is 162 Å². The lowest BCUT2D eigenvalue weighted by Gasteiger charge is -2.34. The van der Waals surface area contributed by atoms with Gasteiger partial charge >= 0.3 is 0 Å². The fraction of sp³-hybridized carbons (Fsp3) is 0.316. The molecule has 0 radical (unpaired) electrons. The standard InChI is InChI=1S/C19H23N3O6/c1-19(17(24)20-2,18(25)21-26)22(3)16(23)13-7-5-12(6-8-13)15-10-9-14(28-15)11-27-4/h5-10,26H,11H2,1-4H3,(H,20,24)(H,21,25)/t19-/m0/s1. The Hall–Kier alpha value is -3.17. The average molecular weight is 389 g/mol. The van der Waals surface area contributed by atoms with Crippen LogP contribution in [0.2, 0.25) is 0 Å². The molecule has 9 heteroatoms. The summed E-state index contributed by atoms with van der Waals surface area (Å²) in [7, 11) is 4.21. The van der Waals surface area contributed by atoms with Gasteiger partial charge in [0.25, 0.3) is 17.7 Å². The molecule has 150 valence electrons. The van der Waals surface area contributed by atoms with E-state index in [1.807, 2.05) is 0 Å². The molecule has 0 bridgehead atoms. The number of ether oxygens (including phenoxy) is 1. The molecule has 9 nitrogen and oxygen atoms in total. The Kier molecular flexibility index (Phi) is 6.55. The number of nitrogens with zero attached hydrogens (tertiary/aromatic N) is 1. The molecule has 0 aliphatic heterocycles. The van der Waals surface area contributed by atoms with Gasteiger partial charge in [-0.2, -0.15) is 0 Å². The van der Waals surface area contributed by atoms with E-state index in [0.29, 0.717) is 18.1 Å². The molecule has 0 spiro atoms. The average Bonchev–Trinajstić information content (AvgIpc) is 3.19. The van der Waals surface area contributed by atoms with Crippen molar-refractivity contribution >= 4 is 17.7 Å². The van der Waals surface area contributed by atoms with Crippen LogP contribution in [0.25, 0.3) is 11.3 Å². The molecule has 0 fully saturated rings. The van der Waals surface area contributed by atoms with Gasteiger partial charge in [0.1, 0.15) is 18.1 Å². The first-order valence-electron chi connectivity index (χ1n) is 8.42. The molecule has 28 heavy (non-hydrogen) atoms. The predicted octanol–water partition coefficient (Wildman–Crippen LogP) is 1.18. The number of furan rings is 1. The van der Waals surface area contributed by atoms with Crippen LogP contribution < -0.4 is 10.8 Å². The van der Waals surface area contributed by atoms with Gasteiger partial charge in [-0.15, -0.1) is 0 Å². The lowest BCUT2D eigenvalue weighted by molar-refractivity contribution is -0.148. The molecule has 0 saturated heterocycles. The van der Waals surface area contributed by atoms with Gasteiger partial charge < -0.3 is 19.4 Å². The fourth-order valence-corrected chi connectivity index (χ4v) is 2.69. The Balaban J connectivity index is 2.27. The molecule has 3 amide bonds. The number of rotatable bonds is 7. The number of hydroxylamine groups is 1. The second kappa shape index (κ2) is 8.68. The molecule has 1 atom stereocenters. The Morgan fingerprint density at radius 1 is 1.14 bits per heavy atom. The molecule has 2 rings (SSSR count). The van der Waals surface area contributed by atoms with Gasteiger partial charge in [0, 0.05) is 32.3 Å². The van der Waals surface area contributed by atoms with Gasteiger partial charge in [0.15, 0.2) is 5.54 Å². The van der Waals surface area contributed by atoms with Crippen LogP contribution in [0.15, 0.2) is 40.8 Å². The maximum absolute atomic E-state index is 12.8. The van der Waals surface area contributed by atoms with E-state index in [0.717, 1.165) is 10.5 Å². The van der Waals surface area contributed by atoms with Crippen LogP contribution in [0, 0.1) is 0 Å². The van der Waals surface area contributed by atoms with Gasteiger partial charge in [-0.05, 0) is 31.2 Å². The number of hydrogen-bond acceptors (Lipinski definition) is 6. The highest BCUT2D eigenvalue weighted by Crippen LogP contribution is 2.24. The van der Waals surface area contributed by atoms with Crippen LogP contribution in [0.3, 0.4) is 0 Å². The monoisotopic (exact) mass is 389 g/mol. The molecule has 1 heterocycles. The first kappa shape index (κ1) is 21.1. The van der Waals surface area contributed by atoms with Crippen LogP contribution in [0.4, 0.5) is 0 Å². The van der Waals surface area contributed by atoms with Gasteiger partial charge in [-0.25, -0.2) is 5.48 Å². The number of hydrogen-bond donors (Lipinski definition) is 3. The molecular formula is C19H23N3O6. The Morgan fingerprint density at radius 2 is 1.79 bits per heavy atom. The predicted molar refractivity (Wildman–Crippen MR) is 99.4 cm³/mol. The van der Waals surface area contributed by atoms with Gasteiger partial charge in [0.2, 0.25) is 0 Å². The minimum atomic E-state index is -1.94. The van der Waals surface area contributed by atoms with E-state index in [4.69, 9.17) is 14.4 Å². The van der Waals surface area contributed by atoms with Crippen LogP contribution in [-0.2, 0) is 20.9 Å². The zero-order valence-corrected chi connectivity index (χ0v) is 16.1. The fourth-order valence-electron chi connectivity index (χ4n) is 2.69. The summed E-state index contributed by atoms with van der Waals surface area (Å²) in [6, 6.07) is 10.1. The molecule has 1 aromatic carbocycles. The third kappa shape index (κ3) is 3.90. The number of carbonyl (C=O) groups is 3. The van der Waals surface area contributed by atoms with E-state index in [1.54, 1.807) is 43.5 Å². The maximum Gasteiger partial charge on any atom is 0.278 e. The normalized spacial score (nSPS) is 12.8. The van der Waals surface area contributed by atoms with Gasteiger partial charge in [-0.1, -0.05) is 12.1 Å². The maximum atomic E-state index is 12.8. The number of carbonyl (C=O) groups excluding carboxylic acids is 3. The van der Waals surface area contributed by atoms with Crippen molar-refractivity contribution in [3.05, 3.63) is 47.7 Å². The second-order valence-electron chi connectivity index (χ2n) is 6.23. The molecule has 2 aromatic rings. The van der Waals surface area contributed by atoms with E-state index in [9.17, 15) is 14.4 Å². The molecule has 0 unspecified atom stereocenters. The summed E-state index contributed by atoms with van der Waals surface area (Å²) in [5.74, 6) is -1.04. The molecular weight excluding hydrogens is 366 g/mol. The van der Waals surface area contributed by atoms with Crippen LogP contribution >= 0.6 is 0 Å². The van der Waals surface area contributed by atoms with Crippen LogP contribution in [-0.4, -0.2) is 54.6 Å². The van der Waals surface area contributed by atoms with E-state index in [1.165, 1.54) is 26.5 Å². The Morgan fingerprint density at radius 3 is 2.32 bits per heavy atom. The van der Waals surface area contributed by atoms with Crippen molar-refractivity contribution in [3.63, 3.8) is 0 Å². The zero-order chi connectivity index (χ0) is 20.9. The summed E-state index contributed by atoms with van der Waals surface area (Å²) in [4.78, 5) is 38.1. The van der Waals surface area contributed by atoms with Crippen molar-refractivity contribution in [2.24, 2.45) is 0 Å². The third-order valence-electron chi connectivity index (χ3n) is 4.55. The van der Waals surface area contributed by atoms with Gasteiger partial charge in [0.05, 0.1) is 0 Å². The highest BCUT2D eigenvalue weighted by molar-refractivity contribution is 6.12. The number of benzene rings is 1. The quantitative estimate of drug-likeness (QED) is 0.371. The highest BCUT2D eigenvalue weighted by atomic mass is 16.5. The van der Waals surface area contributed by atoms with E-state index in [-0.39, 0.29) is 5.56 Å².